The normalized spacial score (nSPS) is 10.1. The van der Waals surface area contributed by atoms with Crippen molar-refractivity contribution in [3.63, 3.8) is 0 Å². The molecule has 0 bridgehead atoms. The second-order valence-corrected chi connectivity index (χ2v) is 11.3. The molecule has 57 heavy (non-hydrogen) atoms. The van der Waals surface area contributed by atoms with Crippen LogP contribution in [-0.2, 0) is 21.1 Å². The topological polar surface area (TPSA) is 293 Å². The summed E-state index contributed by atoms with van der Waals surface area (Å²) in [7, 11) is 0. The Morgan fingerprint density at radius 2 is 0.526 bits per heavy atom. The van der Waals surface area contributed by atoms with Crippen molar-refractivity contribution >= 4 is 67.5 Å². The molecule has 4 aromatic carbocycles. The molecule has 0 saturated heterocycles. The summed E-state index contributed by atoms with van der Waals surface area (Å²) in [5, 5.41) is 82.5. The van der Waals surface area contributed by atoms with Gasteiger partial charge in [-0.3, -0.25) is 0 Å². The first-order valence-electron chi connectivity index (χ1n) is 15.9. The van der Waals surface area contributed by atoms with Gasteiger partial charge in [-0.2, -0.15) is 0 Å². The molecule has 282 valence electrons. The summed E-state index contributed by atoms with van der Waals surface area (Å²) in [5.41, 5.74) is 0.364. The summed E-state index contributed by atoms with van der Waals surface area (Å²) in [5.74, 6) is -5.55. The predicted octanol–water partition coefficient (Wildman–Crippen LogP) is 4.02. The SMILES string of the molecule is O=C(O)c1ccc2cccc([O-])c2n1.O=C(O)c1ccc2cccc([O-])c2n1.O=C(O)c1ccc2cccc([O-])c2n1.O=C(O)c1ccc2cccc([O-])c2n1.[Mo+4]. The van der Waals surface area contributed by atoms with E-state index in [0.717, 1.165) is 0 Å². The molecule has 0 radical (unpaired) electrons. The van der Waals surface area contributed by atoms with Gasteiger partial charge < -0.3 is 40.9 Å². The van der Waals surface area contributed by atoms with Crippen LogP contribution in [0.4, 0.5) is 0 Å². The van der Waals surface area contributed by atoms with Crippen molar-refractivity contribution in [1.82, 2.24) is 19.9 Å². The number of aromatic nitrogens is 4. The number of hydrogen-bond acceptors (Lipinski definition) is 12. The number of pyridine rings is 4. The molecule has 0 aliphatic heterocycles. The summed E-state index contributed by atoms with van der Waals surface area (Å²) < 4.78 is 0. The number of nitrogens with zero attached hydrogens (tertiary/aromatic N) is 4. The molecular weight excluding hydrogens is 824 g/mol. The van der Waals surface area contributed by atoms with Gasteiger partial charge in [-0.1, -0.05) is 120 Å². The van der Waals surface area contributed by atoms with Gasteiger partial charge in [-0.15, -0.1) is 0 Å². The minimum Gasteiger partial charge on any atom is -0.871 e. The molecule has 0 aliphatic carbocycles. The number of carboxylic acids is 4. The Labute approximate surface area is 334 Å². The Bertz CT molecular complexity index is 2420. The smallest absolute Gasteiger partial charge is 0.871 e. The van der Waals surface area contributed by atoms with Crippen molar-refractivity contribution in [2.45, 2.75) is 0 Å². The van der Waals surface area contributed by atoms with Gasteiger partial charge in [-0.05, 0) is 45.8 Å². The van der Waals surface area contributed by atoms with Crippen molar-refractivity contribution in [3.05, 3.63) is 144 Å². The van der Waals surface area contributed by atoms with Gasteiger partial charge in [0, 0.05) is 0 Å². The Kier molecular flexibility index (Phi) is 13.7. The van der Waals surface area contributed by atoms with Crippen LogP contribution in [0.1, 0.15) is 42.0 Å². The minimum absolute atomic E-state index is 0. The molecule has 16 nitrogen and oxygen atoms in total. The molecule has 17 heteroatoms. The number of rotatable bonds is 4. The molecule has 8 rings (SSSR count). The molecular formula is C40H24MoN4O12. The van der Waals surface area contributed by atoms with Gasteiger partial charge in [0.1, 0.15) is 22.8 Å². The van der Waals surface area contributed by atoms with Crippen LogP contribution in [0.2, 0.25) is 0 Å². The van der Waals surface area contributed by atoms with E-state index >= 15 is 0 Å². The van der Waals surface area contributed by atoms with Gasteiger partial charge in [0.2, 0.25) is 0 Å². The van der Waals surface area contributed by atoms with E-state index in [2.05, 4.69) is 19.9 Å². The molecule has 0 unspecified atom stereocenters. The maximum Gasteiger partial charge on any atom is 4.00 e. The molecule has 0 fully saturated rings. The minimum atomic E-state index is -1.13. The van der Waals surface area contributed by atoms with E-state index in [9.17, 15) is 39.6 Å². The Morgan fingerprint density at radius 3 is 0.702 bits per heavy atom. The fourth-order valence-electron chi connectivity index (χ4n) is 4.96. The van der Waals surface area contributed by atoms with Gasteiger partial charge in [0.05, 0.1) is 22.1 Å². The largest absolute Gasteiger partial charge is 4.00 e. The Morgan fingerprint density at radius 1 is 0.333 bits per heavy atom. The van der Waals surface area contributed by atoms with E-state index in [-0.39, 0.29) is 88.9 Å². The van der Waals surface area contributed by atoms with Gasteiger partial charge in [-0.25, -0.2) is 39.1 Å². The number of carbonyl (C=O) groups is 4. The number of fused-ring (bicyclic) bond motifs is 4. The quantitative estimate of drug-likeness (QED) is 0.182. The van der Waals surface area contributed by atoms with E-state index in [4.69, 9.17) is 20.4 Å². The summed E-state index contributed by atoms with van der Waals surface area (Å²) in [4.78, 5) is 57.4. The van der Waals surface area contributed by atoms with Crippen LogP contribution in [0.3, 0.4) is 0 Å². The van der Waals surface area contributed by atoms with Crippen LogP contribution in [0.25, 0.3) is 43.6 Å². The van der Waals surface area contributed by atoms with E-state index < -0.39 is 23.9 Å². The van der Waals surface area contributed by atoms with Crippen molar-refractivity contribution in [1.29, 1.82) is 0 Å². The summed E-state index contributed by atoms with van der Waals surface area (Å²) >= 11 is 0. The first-order valence-corrected chi connectivity index (χ1v) is 15.9. The number of benzene rings is 4. The standard InChI is InChI=1S/4C10H7NO3.Mo/c4*12-8-3-1-2-6-4-5-7(10(13)14)11-9(6)8;/h4*1-5,12H,(H,13,14);/q;;;;+4/p-4. The molecule has 0 spiro atoms. The summed E-state index contributed by atoms with van der Waals surface area (Å²) in [6.07, 6.45) is 0. The van der Waals surface area contributed by atoms with Gasteiger partial charge in [0.15, 0.2) is 0 Å². The number of aromatic carboxylic acids is 4. The van der Waals surface area contributed by atoms with E-state index in [0.29, 0.717) is 21.5 Å². The van der Waals surface area contributed by atoms with Gasteiger partial charge >= 0.3 is 44.9 Å². The Hall–Kier alpha value is -7.71. The molecule has 4 aromatic heterocycles. The monoisotopic (exact) mass is 850 g/mol. The van der Waals surface area contributed by atoms with Crippen LogP contribution in [0.5, 0.6) is 23.0 Å². The summed E-state index contributed by atoms with van der Waals surface area (Å²) in [6, 6.07) is 30.6. The third kappa shape index (κ3) is 10.3. The number of para-hydroxylation sites is 4. The average Bonchev–Trinajstić information content (AvgIpc) is 3.19. The first kappa shape index (κ1) is 42.0. The zero-order chi connectivity index (χ0) is 40.5. The van der Waals surface area contributed by atoms with Crippen LogP contribution in [0.15, 0.2) is 121 Å². The first-order chi connectivity index (χ1) is 26.7. The van der Waals surface area contributed by atoms with Crippen LogP contribution >= 0.6 is 0 Å². The second-order valence-electron chi connectivity index (χ2n) is 11.3. The second kappa shape index (κ2) is 18.6. The Balaban J connectivity index is 0.000000167. The molecule has 4 N–H and O–H groups in total. The fourth-order valence-corrected chi connectivity index (χ4v) is 4.96. The zero-order valence-electron chi connectivity index (χ0n) is 28.8. The van der Waals surface area contributed by atoms with Crippen molar-refractivity contribution in [3.8, 4) is 23.0 Å². The van der Waals surface area contributed by atoms with E-state index in [1.54, 1.807) is 72.8 Å². The molecule has 4 heterocycles. The van der Waals surface area contributed by atoms with E-state index in [1.165, 1.54) is 48.5 Å². The van der Waals surface area contributed by atoms with Crippen LogP contribution in [0, 0.1) is 0 Å². The van der Waals surface area contributed by atoms with Crippen molar-refractivity contribution in [2.75, 3.05) is 0 Å². The molecule has 0 aliphatic rings. The van der Waals surface area contributed by atoms with Crippen molar-refractivity contribution in [2.24, 2.45) is 0 Å². The maximum absolute atomic E-state index is 11.3. The molecule has 0 amide bonds. The average molecular weight is 849 g/mol. The molecule has 0 atom stereocenters. The number of hydrogen-bond donors (Lipinski definition) is 4. The summed E-state index contributed by atoms with van der Waals surface area (Å²) in [6.45, 7) is 0. The van der Waals surface area contributed by atoms with E-state index in [1.807, 2.05) is 0 Å². The van der Waals surface area contributed by atoms with Crippen molar-refractivity contribution < 1.29 is 81.1 Å². The van der Waals surface area contributed by atoms with Crippen LogP contribution in [-0.4, -0.2) is 64.2 Å². The van der Waals surface area contributed by atoms with Crippen LogP contribution < -0.4 is 20.4 Å². The third-order valence-electron chi connectivity index (χ3n) is 7.61. The zero-order valence-corrected chi connectivity index (χ0v) is 30.8. The fraction of sp³-hybridized carbons (Fsp3) is 0. The molecule has 8 aromatic rings. The molecule has 0 saturated carbocycles. The van der Waals surface area contributed by atoms with Gasteiger partial charge in [0.25, 0.3) is 0 Å². The third-order valence-corrected chi connectivity index (χ3v) is 7.61. The predicted molar refractivity (Wildman–Crippen MR) is 193 cm³/mol. The maximum atomic E-state index is 11.3. The number of carboxylic acid groups (broad SMARTS) is 4.